The van der Waals surface area contributed by atoms with Gasteiger partial charge in [-0.05, 0) is 89.8 Å². The molecule has 0 amide bonds. The van der Waals surface area contributed by atoms with E-state index in [1.807, 2.05) is 0 Å². The average Bonchev–Trinajstić information content (AvgIpc) is 3.05. The fraction of sp³-hybridized carbons (Fsp3) is 0.0769. The molecule has 42 heavy (non-hydrogen) atoms. The minimum absolute atomic E-state index is 0.719. The summed E-state index contributed by atoms with van der Waals surface area (Å²) in [6.45, 7) is 2.16. The molecule has 0 unspecified atom stereocenters. The topological polar surface area (TPSA) is 9.23 Å². The van der Waals surface area contributed by atoms with Crippen molar-refractivity contribution in [3.8, 4) is 5.75 Å². The van der Waals surface area contributed by atoms with Crippen molar-refractivity contribution in [3.63, 3.8) is 0 Å². The molecule has 6 rings (SSSR count). The zero-order valence-corrected chi connectivity index (χ0v) is 25.8. The number of benzene rings is 6. The fourth-order valence-electron chi connectivity index (χ4n) is 5.53. The number of methoxy groups -OCH3 is 1. The molecule has 0 aliphatic carbocycles. The molecule has 0 saturated carbocycles. The van der Waals surface area contributed by atoms with Crippen LogP contribution in [0.2, 0.25) is 0 Å². The predicted molar refractivity (Wildman–Crippen MR) is 184 cm³/mol. The van der Waals surface area contributed by atoms with Crippen LogP contribution in [0.4, 0.5) is 0 Å². The van der Waals surface area contributed by atoms with Crippen LogP contribution in [0.15, 0.2) is 158 Å². The van der Waals surface area contributed by atoms with Gasteiger partial charge in [-0.25, -0.2) is 0 Å². The Bertz CT molecular complexity index is 1660. The van der Waals surface area contributed by atoms with Gasteiger partial charge in [0, 0.05) is 0 Å². The van der Waals surface area contributed by atoms with E-state index in [2.05, 4.69) is 165 Å². The molecule has 0 saturated heterocycles. The van der Waals surface area contributed by atoms with Gasteiger partial charge in [0.25, 0.3) is 0 Å². The summed E-state index contributed by atoms with van der Waals surface area (Å²) in [7, 11) is 0.300. The van der Waals surface area contributed by atoms with Crippen LogP contribution < -0.4 is 36.6 Å². The largest absolute Gasteiger partial charge is 0.496 e. The second-order valence-corrected chi connectivity index (χ2v) is 14.6. The molecule has 0 aromatic heterocycles. The highest BCUT2D eigenvalue weighted by molar-refractivity contribution is 7.80. The number of hydrogen-bond donors (Lipinski definition) is 0. The van der Waals surface area contributed by atoms with Gasteiger partial charge in [-0.2, -0.15) is 0 Å². The molecule has 1 nitrogen and oxygen atoms in total. The monoisotopic (exact) mass is 580 g/mol. The number of rotatable bonds is 9. The number of hydrogen-bond acceptors (Lipinski definition) is 1. The molecule has 206 valence electrons. The van der Waals surface area contributed by atoms with Crippen LogP contribution in [-0.4, -0.2) is 7.11 Å². The van der Waals surface area contributed by atoms with Crippen molar-refractivity contribution >= 4 is 47.7 Å². The number of aryl methyl sites for hydroxylation is 1. The first-order valence-electron chi connectivity index (χ1n) is 14.3. The molecule has 6 aromatic rings. The fourth-order valence-corrected chi connectivity index (χ4v) is 10.6. The van der Waals surface area contributed by atoms with E-state index in [9.17, 15) is 0 Å². The van der Waals surface area contributed by atoms with Crippen LogP contribution >= 0.6 is 15.8 Å². The number of ether oxygens (including phenoxy) is 1. The zero-order chi connectivity index (χ0) is 28.7. The van der Waals surface area contributed by atoms with Crippen molar-refractivity contribution in [1.29, 1.82) is 0 Å². The summed E-state index contributed by atoms with van der Waals surface area (Å²) in [6.07, 6.45) is 0.832. The molecule has 0 atom stereocenters. The van der Waals surface area contributed by atoms with Crippen molar-refractivity contribution in [2.75, 3.05) is 7.11 Å². The minimum Gasteiger partial charge on any atom is -0.496 e. The summed E-state index contributed by atoms with van der Waals surface area (Å²) < 4.78 is 5.90. The van der Waals surface area contributed by atoms with Gasteiger partial charge in [-0.15, -0.1) is 0 Å². The predicted octanol–water partition coefficient (Wildman–Crippen LogP) is 7.11. The van der Waals surface area contributed by atoms with Crippen molar-refractivity contribution in [3.05, 3.63) is 174 Å². The Morgan fingerprint density at radius 3 is 1.31 bits per heavy atom. The molecule has 3 heteroatoms. The van der Waals surface area contributed by atoms with Crippen molar-refractivity contribution < 1.29 is 4.74 Å². The highest BCUT2D eigenvalue weighted by Gasteiger charge is 2.24. The summed E-state index contributed by atoms with van der Waals surface area (Å²) in [4.78, 5) is 0. The molecular weight excluding hydrogens is 546 g/mol. The summed E-state index contributed by atoms with van der Waals surface area (Å²) in [5.74, 6) is 0.940. The van der Waals surface area contributed by atoms with E-state index in [1.54, 1.807) is 7.11 Å². The first-order chi connectivity index (χ1) is 20.7. The summed E-state index contributed by atoms with van der Waals surface area (Å²) in [5, 5.41) is 8.23. The van der Waals surface area contributed by atoms with E-state index in [-0.39, 0.29) is 0 Å². The Morgan fingerprint density at radius 2 is 0.857 bits per heavy atom. The molecule has 0 N–H and O–H groups in total. The lowest BCUT2D eigenvalue weighted by atomic mass is 10.0. The van der Waals surface area contributed by atoms with Gasteiger partial charge in [0.05, 0.1) is 7.11 Å². The molecule has 0 bridgehead atoms. The van der Waals surface area contributed by atoms with Gasteiger partial charge in [0.15, 0.2) is 0 Å². The smallest absolute Gasteiger partial charge is 0.122 e. The third-order valence-electron chi connectivity index (χ3n) is 7.51. The molecule has 0 spiro atoms. The summed E-state index contributed by atoms with van der Waals surface area (Å²) in [6, 6.07) is 57.6. The Labute approximate surface area is 252 Å². The Kier molecular flexibility index (Phi) is 8.91. The molecule has 0 fully saturated rings. The second kappa shape index (κ2) is 13.3. The summed E-state index contributed by atoms with van der Waals surface area (Å²) >= 11 is 0. The van der Waals surface area contributed by atoms with Crippen LogP contribution in [0.5, 0.6) is 5.75 Å². The summed E-state index contributed by atoms with van der Waals surface area (Å²) in [5.41, 5.74) is 3.85. The van der Waals surface area contributed by atoms with Crippen molar-refractivity contribution in [2.45, 2.75) is 13.3 Å². The maximum Gasteiger partial charge on any atom is 0.122 e. The molecule has 0 aliphatic heterocycles. The van der Waals surface area contributed by atoms with Crippen LogP contribution in [0.1, 0.15) is 16.7 Å². The van der Waals surface area contributed by atoms with Crippen molar-refractivity contribution in [1.82, 2.24) is 0 Å². The lowest BCUT2D eigenvalue weighted by Crippen LogP contribution is -2.26. The Morgan fingerprint density at radius 1 is 0.452 bits per heavy atom. The third-order valence-corrected chi connectivity index (χ3v) is 12.6. The van der Waals surface area contributed by atoms with Crippen LogP contribution in [0.3, 0.4) is 0 Å². The molecular formula is C39H34OP2. The molecule has 6 aromatic carbocycles. The highest BCUT2D eigenvalue weighted by Crippen LogP contribution is 2.38. The second-order valence-electron chi connectivity index (χ2n) is 10.3. The van der Waals surface area contributed by atoms with Gasteiger partial charge in [-0.3, -0.25) is 0 Å². The quantitative estimate of drug-likeness (QED) is 0.166. The maximum absolute atomic E-state index is 5.90. The van der Waals surface area contributed by atoms with E-state index in [0.29, 0.717) is 0 Å². The molecule has 0 aliphatic rings. The van der Waals surface area contributed by atoms with E-state index < -0.39 is 15.8 Å². The van der Waals surface area contributed by atoms with E-state index in [0.717, 1.165) is 12.2 Å². The van der Waals surface area contributed by atoms with E-state index >= 15 is 0 Å². The van der Waals surface area contributed by atoms with Crippen LogP contribution in [0.25, 0.3) is 0 Å². The van der Waals surface area contributed by atoms with Gasteiger partial charge < -0.3 is 4.74 Å². The zero-order valence-electron chi connectivity index (χ0n) is 24.0. The van der Waals surface area contributed by atoms with E-state index in [4.69, 9.17) is 4.74 Å². The maximum atomic E-state index is 5.90. The van der Waals surface area contributed by atoms with Gasteiger partial charge >= 0.3 is 0 Å². The SMILES string of the molecule is COc1cc(Cc2ccccc2P(c2ccccc2)c2ccccc2)c(P(c2ccccc2)c2ccccc2)cc1C. The van der Waals surface area contributed by atoms with Gasteiger partial charge in [-0.1, -0.05) is 146 Å². The van der Waals surface area contributed by atoms with Crippen LogP contribution in [-0.2, 0) is 6.42 Å². The molecule has 0 heterocycles. The first kappa shape index (κ1) is 28.1. The third kappa shape index (κ3) is 6.10. The average molecular weight is 581 g/mol. The normalized spacial score (nSPS) is 11.1. The van der Waals surface area contributed by atoms with E-state index in [1.165, 1.54) is 48.5 Å². The first-order valence-corrected chi connectivity index (χ1v) is 17.0. The molecule has 0 radical (unpaired) electrons. The minimum atomic E-state index is -0.759. The van der Waals surface area contributed by atoms with Crippen molar-refractivity contribution in [2.24, 2.45) is 0 Å². The highest BCUT2D eigenvalue weighted by atomic mass is 31.1. The standard InChI is InChI=1S/C39H34OP2/c1-30-27-39(42(35-22-11-5-12-23-35)36-24-13-6-14-25-36)32(29-37(30)40-2)28-31-17-15-16-26-38(31)41(33-18-7-3-8-19-33)34-20-9-4-10-21-34/h3-27,29H,28H2,1-2H3. The van der Waals surface area contributed by atoms with Crippen LogP contribution in [0, 0.1) is 6.92 Å². The Hall–Kier alpha value is -4.02. The lowest BCUT2D eigenvalue weighted by molar-refractivity contribution is 0.411. The Balaban J connectivity index is 1.52. The van der Waals surface area contributed by atoms with Gasteiger partial charge in [0.1, 0.15) is 5.75 Å². The van der Waals surface area contributed by atoms with Gasteiger partial charge in [0.2, 0.25) is 0 Å². The lowest BCUT2D eigenvalue weighted by Gasteiger charge is -2.26.